The van der Waals surface area contributed by atoms with Crippen molar-refractivity contribution in [1.29, 1.82) is 0 Å². The maximum atomic E-state index is 12.5. The molecule has 1 aliphatic carbocycles. The van der Waals surface area contributed by atoms with Crippen molar-refractivity contribution in [3.63, 3.8) is 0 Å². The second-order valence-electron chi connectivity index (χ2n) is 6.02. The van der Waals surface area contributed by atoms with Crippen LogP contribution in [-0.2, 0) is 14.3 Å². The molecule has 1 saturated heterocycles. The van der Waals surface area contributed by atoms with Gasteiger partial charge in [-0.1, -0.05) is 6.92 Å². The smallest absolute Gasteiger partial charge is 0.307 e. The second kappa shape index (κ2) is 5.90. The van der Waals surface area contributed by atoms with Crippen molar-refractivity contribution in [1.82, 2.24) is 4.90 Å². The lowest BCUT2D eigenvalue weighted by Crippen LogP contribution is -2.38. The van der Waals surface area contributed by atoms with Crippen molar-refractivity contribution >= 4 is 11.9 Å². The van der Waals surface area contributed by atoms with E-state index in [1.807, 2.05) is 11.8 Å². The van der Waals surface area contributed by atoms with Gasteiger partial charge in [0.1, 0.15) is 0 Å². The number of nitrogens with zero attached hydrogens (tertiary/aromatic N) is 1. The van der Waals surface area contributed by atoms with E-state index in [9.17, 15) is 14.7 Å². The minimum Gasteiger partial charge on any atom is -0.481 e. The van der Waals surface area contributed by atoms with Crippen LogP contribution < -0.4 is 0 Å². The van der Waals surface area contributed by atoms with Crippen molar-refractivity contribution in [2.75, 3.05) is 26.8 Å². The average Bonchev–Trinajstić information content (AvgIpc) is 2.95. The Morgan fingerprint density at radius 2 is 2.00 bits per heavy atom. The fourth-order valence-electron chi connectivity index (χ4n) is 3.48. The summed E-state index contributed by atoms with van der Waals surface area (Å²) in [5, 5.41) is 9.24. The molecular weight excluding hydrogens is 246 g/mol. The molecule has 0 radical (unpaired) electrons. The van der Waals surface area contributed by atoms with E-state index in [0.29, 0.717) is 37.8 Å². The summed E-state index contributed by atoms with van der Waals surface area (Å²) in [6.45, 7) is 4.15. The summed E-state index contributed by atoms with van der Waals surface area (Å²) < 4.78 is 5.12. The van der Waals surface area contributed by atoms with Crippen LogP contribution in [0.4, 0.5) is 0 Å². The van der Waals surface area contributed by atoms with Crippen LogP contribution in [0.1, 0.15) is 26.2 Å². The summed E-state index contributed by atoms with van der Waals surface area (Å²) in [6, 6.07) is 0. The van der Waals surface area contributed by atoms with E-state index in [1.54, 1.807) is 7.11 Å². The van der Waals surface area contributed by atoms with E-state index in [-0.39, 0.29) is 11.8 Å². The van der Waals surface area contributed by atoms with Gasteiger partial charge >= 0.3 is 5.97 Å². The lowest BCUT2D eigenvalue weighted by molar-refractivity contribution is -0.148. The number of methoxy groups -OCH3 is 1. The first-order chi connectivity index (χ1) is 9.02. The third kappa shape index (κ3) is 3.08. The molecule has 0 spiro atoms. The minimum absolute atomic E-state index is 0.0374. The lowest BCUT2D eigenvalue weighted by atomic mass is 9.95. The number of carboxylic acids is 1. The number of carbonyl (C=O) groups excluding carboxylic acids is 1. The van der Waals surface area contributed by atoms with Crippen LogP contribution in [0.25, 0.3) is 0 Å². The Balaban J connectivity index is 1.97. The third-order valence-corrected chi connectivity index (χ3v) is 4.43. The van der Waals surface area contributed by atoms with Crippen LogP contribution in [0.3, 0.4) is 0 Å². The number of hydrogen-bond donors (Lipinski definition) is 1. The van der Waals surface area contributed by atoms with E-state index >= 15 is 0 Å². The van der Waals surface area contributed by atoms with Crippen LogP contribution in [0.5, 0.6) is 0 Å². The largest absolute Gasteiger partial charge is 0.481 e. The average molecular weight is 269 g/mol. The summed E-state index contributed by atoms with van der Waals surface area (Å²) in [5.41, 5.74) is 0. The Kier molecular flexibility index (Phi) is 4.45. The van der Waals surface area contributed by atoms with Crippen molar-refractivity contribution < 1.29 is 19.4 Å². The zero-order valence-corrected chi connectivity index (χ0v) is 11.7. The van der Waals surface area contributed by atoms with Crippen molar-refractivity contribution in [2.45, 2.75) is 26.2 Å². The Morgan fingerprint density at radius 3 is 2.63 bits per heavy atom. The molecule has 2 fully saturated rings. The first-order valence-electron chi connectivity index (χ1n) is 7.03. The van der Waals surface area contributed by atoms with E-state index in [1.165, 1.54) is 0 Å². The van der Waals surface area contributed by atoms with Gasteiger partial charge in [0.15, 0.2) is 0 Å². The van der Waals surface area contributed by atoms with Gasteiger partial charge in [0, 0.05) is 26.1 Å². The Bertz CT molecular complexity index is 357. The molecule has 19 heavy (non-hydrogen) atoms. The molecule has 0 bridgehead atoms. The molecule has 0 aromatic rings. The van der Waals surface area contributed by atoms with E-state index < -0.39 is 11.9 Å². The number of ether oxygens (including phenoxy) is 1. The van der Waals surface area contributed by atoms with Gasteiger partial charge < -0.3 is 14.7 Å². The van der Waals surface area contributed by atoms with Gasteiger partial charge in [-0.3, -0.25) is 9.59 Å². The highest BCUT2D eigenvalue weighted by molar-refractivity contribution is 5.85. The van der Waals surface area contributed by atoms with Crippen LogP contribution in [-0.4, -0.2) is 48.7 Å². The number of rotatable bonds is 4. The first-order valence-corrected chi connectivity index (χ1v) is 7.03. The molecule has 2 rings (SSSR count). The highest BCUT2D eigenvalue weighted by Crippen LogP contribution is 2.38. The monoisotopic (exact) mass is 269 g/mol. The summed E-state index contributed by atoms with van der Waals surface area (Å²) in [7, 11) is 1.67. The maximum Gasteiger partial charge on any atom is 0.307 e. The Hall–Kier alpha value is -1.10. The highest BCUT2D eigenvalue weighted by atomic mass is 16.5. The molecule has 2 aliphatic rings. The maximum absolute atomic E-state index is 12.5. The quantitative estimate of drug-likeness (QED) is 0.833. The standard InChI is InChI=1S/C14H23NO4/c1-9-5-11(12(6-9)14(17)18)13(16)15-4-3-10(7-15)8-19-2/h9-12H,3-8H2,1-2H3,(H,17,18). The SMILES string of the molecule is COCC1CCN(C(=O)C2CC(C)CC2C(=O)O)C1. The summed E-state index contributed by atoms with van der Waals surface area (Å²) in [5.74, 6) is -0.882. The highest BCUT2D eigenvalue weighted by Gasteiger charge is 2.43. The van der Waals surface area contributed by atoms with Gasteiger partial charge in [-0.2, -0.15) is 0 Å². The number of likely N-dealkylation sites (tertiary alicyclic amines) is 1. The third-order valence-electron chi connectivity index (χ3n) is 4.43. The molecule has 5 heteroatoms. The summed E-state index contributed by atoms with van der Waals surface area (Å²) in [6.07, 6.45) is 2.29. The molecule has 4 atom stereocenters. The first kappa shape index (κ1) is 14.3. The van der Waals surface area contributed by atoms with Gasteiger partial charge in [-0.25, -0.2) is 0 Å². The normalized spacial score (nSPS) is 34.7. The number of carbonyl (C=O) groups is 2. The summed E-state index contributed by atoms with van der Waals surface area (Å²) >= 11 is 0. The fraction of sp³-hybridized carbons (Fsp3) is 0.857. The van der Waals surface area contributed by atoms with Gasteiger partial charge in [-0.15, -0.1) is 0 Å². The van der Waals surface area contributed by atoms with Crippen LogP contribution in [0.15, 0.2) is 0 Å². The molecule has 1 heterocycles. The molecule has 1 aliphatic heterocycles. The van der Waals surface area contributed by atoms with Gasteiger partial charge in [-0.05, 0) is 25.2 Å². The lowest BCUT2D eigenvalue weighted by Gasteiger charge is -2.23. The predicted molar refractivity (Wildman–Crippen MR) is 69.6 cm³/mol. The zero-order valence-electron chi connectivity index (χ0n) is 11.7. The van der Waals surface area contributed by atoms with Crippen LogP contribution in [0.2, 0.25) is 0 Å². The van der Waals surface area contributed by atoms with Gasteiger partial charge in [0.25, 0.3) is 0 Å². The molecular formula is C14H23NO4. The van der Waals surface area contributed by atoms with E-state index in [4.69, 9.17) is 4.74 Å². The molecule has 0 aromatic heterocycles. The topological polar surface area (TPSA) is 66.8 Å². The molecule has 5 nitrogen and oxygen atoms in total. The van der Waals surface area contributed by atoms with Crippen LogP contribution >= 0.6 is 0 Å². The number of aliphatic carboxylic acids is 1. The number of hydrogen-bond acceptors (Lipinski definition) is 3. The van der Waals surface area contributed by atoms with Gasteiger partial charge in [0.05, 0.1) is 18.4 Å². The molecule has 1 saturated carbocycles. The van der Waals surface area contributed by atoms with Crippen LogP contribution in [0, 0.1) is 23.7 Å². The van der Waals surface area contributed by atoms with Crippen molar-refractivity contribution in [2.24, 2.45) is 23.7 Å². The Labute approximate surface area is 113 Å². The Morgan fingerprint density at radius 1 is 1.32 bits per heavy atom. The molecule has 0 aromatic carbocycles. The second-order valence-corrected chi connectivity index (χ2v) is 6.02. The minimum atomic E-state index is -0.824. The summed E-state index contributed by atoms with van der Waals surface area (Å²) in [4.78, 5) is 25.6. The molecule has 1 N–H and O–H groups in total. The van der Waals surface area contributed by atoms with E-state index in [0.717, 1.165) is 13.0 Å². The van der Waals surface area contributed by atoms with Gasteiger partial charge in [0.2, 0.25) is 5.91 Å². The number of carboxylic acid groups (broad SMARTS) is 1. The van der Waals surface area contributed by atoms with E-state index in [2.05, 4.69) is 0 Å². The van der Waals surface area contributed by atoms with Crippen molar-refractivity contribution in [3.8, 4) is 0 Å². The zero-order chi connectivity index (χ0) is 14.0. The van der Waals surface area contributed by atoms with Crippen molar-refractivity contribution in [3.05, 3.63) is 0 Å². The molecule has 1 amide bonds. The molecule has 108 valence electrons. The predicted octanol–water partition coefficient (Wildman–Crippen LogP) is 1.23. The molecule has 4 unspecified atom stereocenters. The fourth-order valence-corrected chi connectivity index (χ4v) is 3.48. The number of amides is 1.